The molecule has 0 bridgehead atoms. The minimum atomic E-state index is -0.662. The van der Waals surface area contributed by atoms with Gasteiger partial charge in [0, 0.05) is 18.1 Å². The first-order valence-electron chi connectivity index (χ1n) is 6.05. The summed E-state index contributed by atoms with van der Waals surface area (Å²) in [4.78, 5) is 13.8. The molecule has 1 amide bonds. The zero-order valence-electron chi connectivity index (χ0n) is 10.7. The zero-order valence-corrected chi connectivity index (χ0v) is 11.4. The largest absolute Gasteiger partial charge is 0.342 e. The van der Waals surface area contributed by atoms with Crippen LogP contribution in [0.2, 0.25) is 5.02 Å². The summed E-state index contributed by atoms with van der Waals surface area (Å²) in [5.41, 5.74) is 0.839. The summed E-state index contributed by atoms with van der Waals surface area (Å²) >= 11 is 6.04. The standard InChI is InChI=1S/C14H17ClN2O/c1-3-17(4-2)14(18)12(10-16)9-11-7-5-6-8-13(11)15/h5-8,12H,3-4,9H2,1-2H3. The molecule has 1 aromatic rings. The lowest BCUT2D eigenvalue weighted by Gasteiger charge is -2.21. The maximum absolute atomic E-state index is 12.1. The number of carbonyl (C=O) groups excluding carboxylic acids is 1. The van der Waals surface area contributed by atoms with E-state index in [0.29, 0.717) is 24.5 Å². The van der Waals surface area contributed by atoms with Crippen LogP contribution in [0.1, 0.15) is 19.4 Å². The third-order valence-electron chi connectivity index (χ3n) is 2.91. The van der Waals surface area contributed by atoms with Crippen LogP contribution in [0, 0.1) is 17.2 Å². The minimum absolute atomic E-state index is 0.123. The number of hydrogen-bond donors (Lipinski definition) is 0. The molecule has 0 heterocycles. The van der Waals surface area contributed by atoms with Crippen LogP contribution in [-0.4, -0.2) is 23.9 Å². The van der Waals surface area contributed by atoms with Crippen molar-refractivity contribution in [2.45, 2.75) is 20.3 Å². The lowest BCUT2D eigenvalue weighted by Crippen LogP contribution is -2.36. The maximum Gasteiger partial charge on any atom is 0.240 e. The Morgan fingerprint density at radius 3 is 2.50 bits per heavy atom. The highest BCUT2D eigenvalue weighted by Crippen LogP contribution is 2.19. The molecule has 0 fully saturated rings. The molecule has 0 aliphatic carbocycles. The van der Waals surface area contributed by atoms with Crippen molar-refractivity contribution in [3.05, 3.63) is 34.9 Å². The van der Waals surface area contributed by atoms with E-state index in [4.69, 9.17) is 16.9 Å². The number of amides is 1. The molecule has 96 valence electrons. The van der Waals surface area contributed by atoms with Gasteiger partial charge < -0.3 is 4.90 Å². The van der Waals surface area contributed by atoms with Gasteiger partial charge in [-0.05, 0) is 31.9 Å². The average Bonchev–Trinajstić information content (AvgIpc) is 2.39. The van der Waals surface area contributed by atoms with Crippen LogP contribution in [0.3, 0.4) is 0 Å². The molecular formula is C14H17ClN2O. The van der Waals surface area contributed by atoms with Gasteiger partial charge in [0.1, 0.15) is 5.92 Å². The van der Waals surface area contributed by atoms with Gasteiger partial charge in [-0.1, -0.05) is 29.8 Å². The third kappa shape index (κ3) is 3.48. The topological polar surface area (TPSA) is 44.1 Å². The number of nitrogens with zero attached hydrogens (tertiary/aromatic N) is 2. The van der Waals surface area contributed by atoms with E-state index in [1.807, 2.05) is 32.0 Å². The zero-order chi connectivity index (χ0) is 13.5. The van der Waals surface area contributed by atoms with E-state index >= 15 is 0 Å². The predicted octanol–water partition coefficient (Wildman–Crippen LogP) is 2.89. The van der Waals surface area contributed by atoms with E-state index < -0.39 is 5.92 Å². The molecule has 0 aromatic heterocycles. The Morgan fingerprint density at radius 2 is 2.00 bits per heavy atom. The van der Waals surface area contributed by atoms with Crippen LogP contribution in [0.15, 0.2) is 24.3 Å². The fourth-order valence-electron chi connectivity index (χ4n) is 1.83. The highest BCUT2D eigenvalue weighted by atomic mass is 35.5. The number of halogens is 1. The second-order valence-corrected chi connectivity index (χ2v) is 4.39. The Labute approximate surface area is 113 Å². The SMILES string of the molecule is CCN(CC)C(=O)C(C#N)Cc1ccccc1Cl. The molecule has 0 saturated carbocycles. The molecule has 18 heavy (non-hydrogen) atoms. The molecule has 3 nitrogen and oxygen atoms in total. The first-order valence-corrected chi connectivity index (χ1v) is 6.43. The molecule has 0 saturated heterocycles. The molecule has 1 rings (SSSR count). The van der Waals surface area contributed by atoms with E-state index in [1.165, 1.54) is 0 Å². The first-order chi connectivity index (χ1) is 8.63. The van der Waals surface area contributed by atoms with Gasteiger partial charge in [0.2, 0.25) is 5.91 Å². The lowest BCUT2D eigenvalue weighted by molar-refractivity contribution is -0.133. The van der Waals surface area contributed by atoms with Gasteiger partial charge in [0.05, 0.1) is 6.07 Å². The summed E-state index contributed by atoms with van der Waals surface area (Å²) in [6.45, 7) is 5.06. The summed E-state index contributed by atoms with van der Waals surface area (Å²) in [7, 11) is 0. The molecule has 4 heteroatoms. The van der Waals surface area contributed by atoms with Crippen LogP contribution in [0.5, 0.6) is 0 Å². The van der Waals surface area contributed by atoms with Gasteiger partial charge >= 0.3 is 0 Å². The van der Waals surface area contributed by atoms with Crippen LogP contribution in [0.25, 0.3) is 0 Å². The number of hydrogen-bond acceptors (Lipinski definition) is 2. The normalized spacial score (nSPS) is 11.7. The average molecular weight is 265 g/mol. The molecule has 1 aromatic carbocycles. The summed E-state index contributed by atoms with van der Waals surface area (Å²) in [5, 5.41) is 9.75. The number of carbonyl (C=O) groups is 1. The number of benzene rings is 1. The quantitative estimate of drug-likeness (QED) is 0.821. The lowest BCUT2D eigenvalue weighted by atomic mass is 9.99. The smallest absolute Gasteiger partial charge is 0.240 e. The molecular weight excluding hydrogens is 248 g/mol. The third-order valence-corrected chi connectivity index (χ3v) is 3.28. The van der Waals surface area contributed by atoms with Crippen molar-refractivity contribution in [3.8, 4) is 6.07 Å². The Bertz CT molecular complexity index is 449. The van der Waals surface area contributed by atoms with Crippen LogP contribution in [-0.2, 0) is 11.2 Å². The van der Waals surface area contributed by atoms with E-state index in [0.717, 1.165) is 5.56 Å². The van der Waals surface area contributed by atoms with Crippen molar-refractivity contribution in [1.82, 2.24) is 4.90 Å². The van der Waals surface area contributed by atoms with E-state index in [1.54, 1.807) is 11.0 Å². The van der Waals surface area contributed by atoms with Crippen molar-refractivity contribution in [2.24, 2.45) is 5.92 Å². The summed E-state index contributed by atoms with van der Waals surface area (Å²) < 4.78 is 0. The van der Waals surface area contributed by atoms with Gasteiger partial charge in [-0.25, -0.2) is 0 Å². The van der Waals surface area contributed by atoms with Crippen molar-refractivity contribution < 1.29 is 4.79 Å². The predicted molar refractivity (Wildman–Crippen MR) is 72.2 cm³/mol. The van der Waals surface area contributed by atoms with Crippen LogP contribution in [0.4, 0.5) is 0 Å². The minimum Gasteiger partial charge on any atom is -0.342 e. The second kappa shape index (κ2) is 7.03. The molecule has 0 N–H and O–H groups in total. The first kappa shape index (κ1) is 14.5. The Morgan fingerprint density at radius 1 is 1.39 bits per heavy atom. The molecule has 1 atom stereocenters. The summed E-state index contributed by atoms with van der Waals surface area (Å²) in [6.07, 6.45) is 0.367. The second-order valence-electron chi connectivity index (χ2n) is 3.99. The summed E-state index contributed by atoms with van der Waals surface area (Å²) in [6, 6.07) is 9.39. The molecule has 0 aliphatic rings. The highest BCUT2D eigenvalue weighted by Gasteiger charge is 2.23. The van der Waals surface area contributed by atoms with E-state index in [-0.39, 0.29) is 5.91 Å². The van der Waals surface area contributed by atoms with Gasteiger partial charge in [-0.2, -0.15) is 5.26 Å². The van der Waals surface area contributed by atoms with Gasteiger partial charge in [-0.15, -0.1) is 0 Å². The van der Waals surface area contributed by atoms with E-state index in [2.05, 4.69) is 6.07 Å². The van der Waals surface area contributed by atoms with Gasteiger partial charge in [0.15, 0.2) is 0 Å². The molecule has 0 spiro atoms. The van der Waals surface area contributed by atoms with Crippen molar-refractivity contribution in [3.63, 3.8) is 0 Å². The molecule has 0 radical (unpaired) electrons. The Kier molecular flexibility index (Phi) is 5.67. The Balaban J connectivity index is 2.83. The van der Waals surface area contributed by atoms with Crippen LogP contribution < -0.4 is 0 Å². The number of rotatable bonds is 5. The molecule has 0 aliphatic heterocycles. The van der Waals surface area contributed by atoms with Crippen molar-refractivity contribution in [1.29, 1.82) is 5.26 Å². The van der Waals surface area contributed by atoms with Gasteiger partial charge in [-0.3, -0.25) is 4.79 Å². The number of nitriles is 1. The Hall–Kier alpha value is -1.53. The maximum atomic E-state index is 12.1. The summed E-state index contributed by atoms with van der Waals surface area (Å²) in [5.74, 6) is -0.785. The monoisotopic (exact) mass is 264 g/mol. The van der Waals surface area contributed by atoms with Crippen molar-refractivity contribution >= 4 is 17.5 Å². The van der Waals surface area contributed by atoms with Crippen molar-refractivity contribution in [2.75, 3.05) is 13.1 Å². The molecule has 1 unspecified atom stereocenters. The fourth-order valence-corrected chi connectivity index (χ4v) is 2.04. The van der Waals surface area contributed by atoms with Crippen LogP contribution >= 0.6 is 11.6 Å². The fraction of sp³-hybridized carbons (Fsp3) is 0.429. The van der Waals surface area contributed by atoms with Gasteiger partial charge in [0.25, 0.3) is 0 Å². The van der Waals surface area contributed by atoms with E-state index in [9.17, 15) is 4.79 Å². The highest BCUT2D eigenvalue weighted by molar-refractivity contribution is 6.31.